The van der Waals surface area contributed by atoms with Crippen molar-refractivity contribution in [1.29, 1.82) is 0 Å². The van der Waals surface area contributed by atoms with Crippen molar-refractivity contribution in [2.24, 2.45) is 0 Å². The van der Waals surface area contributed by atoms with E-state index in [9.17, 15) is 15.0 Å². The first kappa shape index (κ1) is 13.8. The third kappa shape index (κ3) is 2.72. The Morgan fingerprint density at radius 1 is 1.32 bits per heavy atom. The van der Waals surface area contributed by atoms with E-state index in [0.29, 0.717) is 24.4 Å². The lowest BCUT2D eigenvalue weighted by molar-refractivity contribution is 0.105. The molecule has 2 rings (SSSR count). The highest BCUT2D eigenvalue weighted by Gasteiger charge is 2.42. The number of likely N-dealkylation sites (tertiary alicyclic amines) is 1. The maximum Gasteiger partial charge on any atom is 0.518 e. The molecule has 19 heavy (non-hydrogen) atoms. The molecule has 5 heteroatoms. The summed E-state index contributed by atoms with van der Waals surface area (Å²) in [6.45, 7) is 0.736. The van der Waals surface area contributed by atoms with E-state index in [0.717, 1.165) is 12.8 Å². The highest BCUT2D eigenvalue weighted by atomic mass is 16.5. The van der Waals surface area contributed by atoms with Gasteiger partial charge in [0.2, 0.25) is 0 Å². The van der Waals surface area contributed by atoms with E-state index in [2.05, 4.69) is 0 Å². The van der Waals surface area contributed by atoms with E-state index in [4.69, 9.17) is 4.74 Å². The quantitative estimate of drug-likeness (QED) is 0.805. The zero-order chi connectivity index (χ0) is 13.9. The van der Waals surface area contributed by atoms with Crippen LogP contribution in [0.25, 0.3) is 0 Å². The summed E-state index contributed by atoms with van der Waals surface area (Å²) in [5, 5.41) is 19.6. The second-order valence-corrected chi connectivity index (χ2v) is 5.00. The standard InChI is InChI=1S/C14H19NO4/c1-19-13-7-5-11(6-8-13)15(14(17)18)9-3-2-4-12(16)10-15/h5-8,12,16H,2-4,9-10H2,1H3/p+1. The van der Waals surface area contributed by atoms with Gasteiger partial charge in [-0.3, -0.25) is 0 Å². The Morgan fingerprint density at radius 2 is 2.00 bits per heavy atom. The average Bonchev–Trinajstić information content (AvgIpc) is 2.61. The van der Waals surface area contributed by atoms with Crippen LogP contribution >= 0.6 is 0 Å². The summed E-state index contributed by atoms with van der Waals surface area (Å²) in [7, 11) is 1.58. The summed E-state index contributed by atoms with van der Waals surface area (Å²) in [5.41, 5.74) is 0.689. The fourth-order valence-electron chi connectivity index (χ4n) is 2.69. The number of aliphatic hydroxyl groups is 1. The molecule has 0 saturated carbocycles. The molecule has 1 heterocycles. The van der Waals surface area contributed by atoms with Crippen molar-refractivity contribution in [3.63, 3.8) is 0 Å². The van der Waals surface area contributed by atoms with Crippen LogP contribution < -0.4 is 9.22 Å². The fraction of sp³-hybridized carbons (Fsp3) is 0.500. The predicted molar refractivity (Wildman–Crippen MR) is 72.4 cm³/mol. The van der Waals surface area contributed by atoms with Gasteiger partial charge in [-0.15, -0.1) is 0 Å². The Labute approximate surface area is 112 Å². The summed E-state index contributed by atoms with van der Waals surface area (Å²) in [6.07, 6.45) is 0.857. The van der Waals surface area contributed by atoms with E-state index in [-0.39, 0.29) is 11.0 Å². The number of methoxy groups -OCH3 is 1. The number of quaternary nitrogens is 1. The number of hydrogen-bond donors (Lipinski definition) is 2. The zero-order valence-electron chi connectivity index (χ0n) is 11.1. The molecule has 1 amide bonds. The number of rotatable bonds is 2. The molecule has 1 aromatic rings. The molecule has 1 aliphatic heterocycles. The van der Waals surface area contributed by atoms with E-state index >= 15 is 0 Å². The van der Waals surface area contributed by atoms with Crippen LogP contribution in [-0.2, 0) is 0 Å². The van der Waals surface area contributed by atoms with Crippen molar-refractivity contribution in [3.8, 4) is 5.75 Å². The van der Waals surface area contributed by atoms with Crippen molar-refractivity contribution in [2.45, 2.75) is 25.4 Å². The van der Waals surface area contributed by atoms with Crippen LogP contribution in [0.4, 0.5) is 10.5 Å². The van der Waals surface area contributed by atoms with E-state index < -0.39 is 12.2 Å². The Kier molecular flexibility index (Phi) is 4.07. The average molecular weight is 266 g/mol. The van der Waals surface area contributed by atoms with Gasteiger partial charge in [-0.05, 0) is 31.4 Å². The van der Waals surface area contributed by atoms with Gasteiger partial charge < -0.3 is 14.9 Å². The fourth-order valence-corrected chi connectivity index (χ4v) is 2.69. The van der Waals surface area contributed by atoms with Crippen LogP contribution in [0.3, 0.4) is 0 Å². The minimum Gasteiger partial charge on any atom is -0.497 e. The Hall–Kier alpha value is -1.59. The van der Waals surface area contributed by atoms with Crippen LogP contribution in [0, 0.1) is 0 Å². The number of ether oxygens (including phenoxy) is 1. The normalized spacial score (nSPS) is 27.6. The SMILES string of the molecule is COc1ccc([N+]2(C(=O)O)CCCCC(O)C2)cc1. The Balaban J connectivity index is 2.39. The minimum atomic E-state index is -0.911. The van der Waals surface area contributed by atoms with Gasteiger partial charge in [0.25, 0.3) is 0 Å². The molecule has 0 bridgehead atoms. The first-order chi connectivity index (χ1) is 9.08. The molecule has 2 atom stereocenters. The highest BCUT2D eigenvalue weighted by molar-refractivity contribution is 5.81. The lowest BCUT2D eigenvalue weighted by Crippen LogP contribution is -2.56. The third-order valence-corrected chi connectivity index (χ3v) is 3.78. The maximum atomic E-state index is 11.8. The summed E-state index contributed by atoms with van der Waals surface area (Å²) in [5.74, 6) is 0.697. The van der Waals surface area contributed by atoms with Crippen molar-refractivity contribution in [2.75, 3.05) is 20.2 Å². The summed E-state index contributed by atoms with van der Waals surface area (Å²) < 4.78 is 4.89. The van der Waals surface area contributed by atoms with Crippen LogP contribution in [0.5, 0.6) is 5.75 Å². The molecule has 0 aromatic heterocycles. The van der Waals surface area contributed by atoms with Gasteiger partial charge in [-0.1, -0.05) is 0 Å². The molecule has 104 valence electrons. The van der Waals surface area contributed by atoms with Crippen LogP contribution in [0.2, 0.25) is 0 Å². The zero-order valence-corrected chi connectivity index (χ0v) is 11.1. The summed E-state index contributed by atoms with van der Waals surface area (Å²) >= 11 is 0. The summed E-state index contributed by atoms with van der Waals surface area (Å²) in [4.78, 5) is 11.8. The first-order valence-electron chi connectivity index (χ1n) is 6.52. The molecule has 1 fully saturated rings. The molecule has 0 aliphatic carbocycles. The van der Waals surface area contributed by atoms with E-state index in [1.165, 1.54) is 0 Å². The number of nitrogens with zero attached hydrogens (tertiary/aromatic N) is 1. The van der Waals surface area contributed by atoms with Crippen molar-refractivity contribution in [1.82, 2.24) is 4.48 Å². The Morgan fingerprint density at radius 3 is 2.58 bits per heavy atom. The monoisotopic (exact) mass is 266 g/mol. The number of benzene rings is 1. The number of carbonyl (C=O) groups is 1. The number of aliphatic hydroxyl groups excluding tert-OH is 1. The van der Waals surface area contributed by atoms with Crippen LogP contribution in [0.1, 0.15) is 19.3 Å². The topological polar surface area (TPSA) is 66.8 Å². The molecular formula is C14H20NO4+. The van der Waals surface area contributed by atoms with Crippen LogP contribution in [0.15, 0.2) is 24.3 Å². The predicted octanol–water partition coefficient (Wildman–Crippen LogP) is 2.23. The molecular weight excluding hydrogens is 246 g/mol. The van der Waals surface area contributed by atoms with Crippen molar-refractivity contribution >= 4 is 11.8 Å². The smallest absolute Gasteiger partial charge is 0.497 e. The van der Waals surface area contributed by atoms with Gasteiger partial charge >= 0.3 is 6.09 Å². The van der Waals surface area contributed by atoms with Crippen molar-refractivity contribution in [3.05, 3.63) is 24.3 Å². The molecule has 5 nitrogen and oxygen atoms in total. The number of carboxylic acid groups (broad SMARTS) is 1. The second-order valence-electron chi connectivity index (χ2n) is 5.00. The van der Waals surface area contributed by atoms with Gasteiger partial charge in [0.15, 0.2) is 0 Å². The van der Waals surface area contributed by atoms with Gasteiger partial charge in [0.05, 0.1) is 13.7 Å². The molecule has 0 radical (unpaired) electrons. The molecule has 1 aliphatic rings. The number of hydrogen-bond acceptors (Lipinski definition) is 3. The van der Waals surface area contributed by atoms with E-state index in [1.54, 1.807) is 31.4 Å². The minimum absolute atomic E-state index is 0.203. The lowest BCUT2D eigenvalue weighted by Gasteiger charge is -2.32. The van der Waals surface area contributed by atoms with Gasteiger partial charge in [0, 0.05) is 12.1 Å². The second kappa shape index (κ2) is 5.59. The molecule has 1 saturated heterocycles. The van der Waals surface area contributed by atoms with E-state index in [1.807, 2.05) is 0 Å². The maximum absolute atomic E-state index is 11.8. The third-order valence-electron chi connectivity index (χ3n) is 3.78. The molecule has 0 spiro atoms. The van der Waals surface area contributed by atoms with Gasteiger partial charge in [0.1, 0.15) is 24.1 Å². The Bertz CT molecular complexity index is 445. The summed E-state index contributed by atoms with van der Waals surface area (Å²) in [6, 6.07) is 7.06. The highest BCUT2D eigenvalue weighted by Crippen LogP contribution is 2.30. The first-order valence-corrected chi connectivity index (χ1v) is 6.52. The molecule has 2 N–H and O–H groups in total. The molecule has 2 unspecified atom stereocenters. The lowest BCUT2D eigenvalue weighted by atomic mass is 10.2. The number of amides is 1. The van der Waals surface area contributed by atoms with Gasteiger partial charge in [-0.25, -0.2) is 0 Å². The molecule has 1 aromatic carbocycles. The van der Waals surface area contributed by atoms with Crippen LogP contribution in [-0.4, -0.2) is 42.6 Å². The van der Waals surface area contributed by atoms with Crippen molar-refractivity contribution < 1.29 is 19.7 Å². The largest absolute Gasteiger partial charge is 0.518 e. The van der Waals surface area contributed by atoms with Gasteiger partial charge in [-0.2, -0.15) is 9.28 Å².